The first-order valence-electron chi connectivity index (χ1n) is 15.7. The largest absolute Gasteiger partial charge is 0.475 e. The lowest BCUT2D eigenvalue weighted by molar-refractivity contribution is -0.114. The molecule has 0 unspecified atom stereocenters. The number of aryl methyl sites for hydroxylation is 2. The maximum atomic E-state index is 14.4. The molecule has 1 amide bonds. The van der Waals surface area contributed by atoms with Crippen LogP contribution in [0.15, 0.2) is 53.4 Å². The van der Waals surface area contributed by atoms with Crippen LogP contribution in [0.5, 0.6) is 5.88 Å². The topological polar surface area (TPSA) is 114 Å². The fraction of sp³-hybridized carbons (Fsp3) is 0.500. The quantitative estimate of drug-likeness (QED) is 0.359. The molecule has 2 fully saturated rings. The first-order chi connectivity index (χ1) is 21.5. The third kappa shape index (κ3) is 6.88. The molecule has 3 aliphatic rings. The van der Waals surface area contributed by atoms with Crippen molar-refractivity contribution in [2.45, 2.75) is 63.9 Å². The molecule has 0 radical (unpaired) electrons. The van der Waals surface area contributed by atoms with E-state index in [-0.39, 0.29) is 59.1 Å². The van der Waals surface area contributed by atoms with Crippen molar-refractivity contribution in [2.75, 3.05) is 44.7 Å². The van der Waals surface area contributed by atoms with Gasteiger partial charge in [-0.15, -0.1) is 12.4 Å². The Bertz CT molecular complexity index is 1670. The molecule has 1 spiro atoms. The summed E-state index contributed by atoms with van der Waals surface area (Å²) in [6.07, 6.45) is 2.54. The highest BCUT2D eigenvalue weighted by Gasteiger charge is 2.55. The number of hydrogen-bond acceptors (Lipinski definition) is 8. The Hall–Kier alpha value is -3.25. The molecule has 6 rings (SSSR count). The van der Waals surface area contributed by atoms with Gasteiger partial charge in [0, 0.05) is 50.0 Å². The van der Waals surface area contributed by atoms with Crippen LogP contribution >= 0.6 is 12.4 Å². The van der Waals surface area contributed by atoms with E-state index in [1.54, 1.807) is 25.3 Å². The minimum Gasteiger partial charge on any atom is -0.475 e. The number of carbonyl (C=O) groups is 1. The van der Waals surface area contributed by atoms with E-state index in [0.717, 1.165) is 55.6 Å². The molecule has 4 bridgehead atoms. The molecule has 12 heteroatoms. The Kier molecular flexibility index (Phi) is 9.98. The van der Waals surface area contributed by atoms with Gasteiger partial charge in [-0.3, -0.25) is 9.69 Å². The van der Waals surface area contributed by atoms with E-state index in [4.69, 9.17) is 9.47 Å². The minimum atomic E-state index is -4.11. The summed E-state index contributed by atoms with van der Waals surface area (Å²) in [5.74, 6) is 0.295. The van der Waals surface area contributed by atoms with E-state index in [1.807, 2.05) is 36.9 Å². The van der Waals surface area contributed by atoms with Gasteiger partial charge in [-0.05, 0) is 73.8 Å². The number of sulfonamides is 1. The number of likely N-dealkylation sites (tertiary alicyclic amines) is 1. The molecule has 3 heterocycles. The molecule has 3 aromatic rings. The predicted octanol–water partition coefficient (Wildman–Crippen LogP) is 5.34. The zero-order chi connectivity index (χ0) is 31.9. The zero-order valence-corrected chi connectivity index (χ0v) is 28.8. The zero-order valence-electron chi connectivity index (χ0n) is 27.2. The predicted molar refractivity (Wildman–Crippen MR) is 180 cm³/mol. The number of carbonyl (C=O) groups excluding carboxylic acids is 1. The fourth-order valence-electron chi connectivity index (χ4n) is 7.31. The molecular weight excluding hydrogens is 626 g/mol. The van der Waals surface area contributed by atoms with E-state index < -0.39 is 10.0 Å². The first kappa shape index (κ1) is 34.1. The summed E-state index contributed by atoms with van der Waals surface area (Å²) in [5, 5.41) is 0. The second kappa shape index (κ2) is 13.5. The van der Waals surface area contributed by atoms with E-state index >= 15 is 0 Å². The molecule has 1 saturated carbocycles. The van der Waals surface area contributed by atoms with Crippen LogP contribution in [-0.2, 0) is 14.8 Å². The lowest BCUT2D eigenvalue weighted by Gasteiger charge is -2.62. The number of aromatic nitrogens is 2. The van der Waals surface area contributed by atoms with Crippen molar-refractivity contribution in [1.82, 2.24) is 19.8 Å². The number of nitrogens with zero attached hydrogens (tertiary/aromatic N) is 4. The van der Waals surface area contributed by atoms with Gasteiger partial charge in [-0.25, -0.2) is 18.1 Å². The number of methoxy groups -OCH3 is 1. The molecule has 1 atom stereocenters. The highest BCUT2D eigenvalue weighted by molar-refractivity contribution is 7.92. The highest BCUT2D eigenvalue weighted by atomic mass is 35.5. The van der Waals surface area contributed by atoms with Crippen molar-refractivity contribution in [1.29, 1.82) is 0 Å². The second-order valence-electron chi connectivity index (χ2n) is 13.4. The summed E-state index contributed by atoms with van der Waals surface area (Å²) in [5.41, 5.74) is 4.01. The Morgan fingerprint density at radius 2 is 1.76 bits per heavy atom. The molecule has 1 N–H and O–H groups in total. The maximum absolute atomic E-state index is 14.4. The molecule has 1 aliphatic carbocycles. The van der Waals surface area contributed by atoms with E-state index in [1.165, 1.54) is 12.1 Å². The summed E-state index contributed by atoms with van der Waals surface area (Å²) in [6.45, 7) is 12.1. The second-order valence-corrected chi connectivity index (χ2v) is 15.1. The van der Waals surface area contributed by atoms with Crippen LogP contribution in [0, 0.1) is 25.2 Å². The molecule has 2 aromatic carbocycles. The third-order valence-electron chi connectivity index (χ3n) is 9.31. The van der Waals surface area contributed by atoms with Gasteiger partial charge in [-0.2, -0.15) is 4.98 Å². The number of halogens is 1. The molecule has 2 aliphatic heterocycles. The molecule has 1 saturated heterocycles. The third-order valence-corrected chi connectivity index (χ3v) is 10.6. The summed E-state index contributed by atoms with van der Waals surface area (Å²) in [6, 6.07) is 13.8. The Labute approximate surface area is 278 Å². The number of hydrogen-bond donors (Lipinski definition) is 1. The van der Waals surface area contributed by atoms with Gasteiger partial charge in [0.2, 0.25) is 11.8 Å². The van der Waals surface area contributed by atoms with Crippen molar-refractivity contribution in [3.63, 3.8) is 0 Å². The number of ether oxygens (including phenoxy) is 2. The van der Waals surface area contributed by atoms with Crippen LogP contribution in [0.25, 0.3) is 11.3 Å². The highest BCUT2D eigenvalue weighted by Crippen LogP contribution is 2.51. The maximum Gasteiger partial charge on any atom is 0.264 e. The molecule has 10 nitrogen and oxygen atoms in total. The number of rotatable bonds is 7. The smallest absolute Gasteiger partial charge is 0.264 e. The van der Waals surface area contributed by atoms with E-state index in [0.29, 0.717) is 23.8 Å². The lowest BCUT2D eigenvalue weighted by atomic mass is 9.60. The van der Waals surface area contributed by atoms with Gasteiger partial charge in [-0.1, -0.05) is 38.1 Å². The number of nitrogens with one attached hydrogen (secondary N) is 1. The average Bonchev–Trinajstić information content (AvgIpc) is 2.94. The SMILES string of the molecule is COCCN1CC2(CC(N3C(=O)c4cccc(c4)S(=O)(=O)Nc4nc(cc(-c5c(C)cccc5C)n4)OC[C@H]3CC(C)C)C2)C1.Cl. The van der Waals surface area contributed by atoms with E-state index in [2.05, 4.69) is 33.4 Å². The van der Waals surface area contributed by atoms with Crippen LogP contribution < -0.4 is 9.46 Å². The van der Waals surface area contributed by atoms with Crippen molar-refractivity contribution in [3.8, 4) is 17.1 Å². The Balaban J connectivity index is 0.00000417. The summed E-state index contributed by atoms with van der Waals surface area (Å²) in [7, 11) is -2.39. The Morgan fingerprint density at radius 1 is 1.07 bits per heavy atom. The summed E-state index contributed by atoms with van der Waals surface area (Å²) < 4.78 is 41.4. The first-order valence-corrected chi connectivity index (χ1v) is 17.2. The standard InChI is InChI=1S/C34H43N5O5S.ClH/c1-22(2)14-26-19-44-30-16-29(31-23(3)8-6-9-24(31)4)35-33(36-30)37-45(41,42)28-11-7-10-25(15-28)32(40)39(26)27-17-34(18-27)20-38(21-34)12-13-43-5;/h6-11,15-16,22,26-27H,12-14,17-21H2,1-5H3,(H,35,36,37);1H/t26-;/m1./s1. The van der Waals surface area contributed by atoms with Gasteiger partial charge in [0.1, 0.15) is 6.61 Å². The fourth-order valence-corrected chi connectivity index (χ4v) is 8.30. The van der Waals surface area contributed by atoms with Gasteiger partial charge in [0.05, 0.1) is 23.2 Å². The van der Waals surface area contributed by atoms with Crippen LogP contribution in [0.1, 0.15) is 54.6 Å². The van der Waals surface area contributed by atoms with Crippen molar-refractivity contribution >= 4 is 34.3 Å². The molecule has 1 aromatic heterocycles. The number of amides is 1. The van der Waals surface area contributed by atoms with Gasteiger partial charge in [0.15, 0.2) is 0 Å². The van der Waals surface area contributed by atoms with Crippen molar-refractivity contribution in [3.05, 3.63) is 65.2 Å². The molecule has 248 valence electrons. The minimum absolute atomic E-state index is 0. The number of anilines is 1. The number of fused-ring (bicyclic) bond motifs is 4. The summed E-state index contributed by atoms with van der Waals surface area (Å²) >= 11 is 0. The molecular formula is C34H44ClN5O5S. The number of benzene rings is 2. The van der Waals surface area contributed by atoms with Crippen LogP contribution in [0.2, 0.25) is 0 Å². The van der Waals surface area contributed by atoms with Gasteiger partial charge < -0.3 is 14.4 Å². The van der Waals surface area contributed by atoms with Gasteiger partial charge >= 0.3 is 0 Å². The van der Waals surface area contributed by atoms with Crippen LogP contribution in [0.3, 0.4) is 0 Å². The van der Waals surface area contributed by atoms with Crippen molar-refractivity contribution in [2.24, 2.45) is 11.3 Å². The normalized spacial score (nSPS) is 20.7. The lowest BCUT2D eigenvalue weighted by Crippen LogP contribution is -2.68. The van der Waals surface area contributed by atoms with Gasteiger partial charge in [0.25, 0.3) is 15.9 Å². The average molecular weight is 670 g/mol. The Morgan fingerprint density at radius 3 is 2.43 bits per heavy atom. The van der Waals surface area contributed by atoms with Crippen molar-refractivity contribution < 1.29 is 22.7 Å². The van der Waals surface area contributed by atoms with Crippen LogP contribution in [0.4, 0.5) is 5.95 Å². The monoisotopic (exact) mass is 669 g/mol. The summed E-state index contributed by atoms with van der Waals surface area (Å²) in [4.78, 5) is 27.8. The van der Waals surface area contributed by atoms with Crippen LogP contribution in [-0.4, -0.2) is 86.1 Å². The molecule has 46 heavy (non-hydrogen) atoms. The van der Waals surface area contributed by atoms with E-state index in [9.17, 15) is 13.2 Å².